The number of sulfonamides is 1. The molecule has 0 atom stereocenters. The van der Waals surface area contributed by atoms with Gasteiger partial charge in [0.05, 0.1) is 9.82 Å². The molecular formula is C21H26N2O4S. The monoisotopic (exact) mass is 402 g/mol. The van der Waals surface area contributed by atoms with Crippen LogP contribution in [0.2, 0.25) is 0 Å². The van der Waals surface area contributed by atoms with Crippen LogP contribution in [0.1, 0.15) is 25.8 Å². The summed E-state index contributed by atoms with van der Waals surface area (Å²) in [4.78, 5) is 10.3. The van der Waals surface area contributed by atoms with Gasteiger partial charge in [-0.05, 0) is 36.5 Å². The van der Waals surface area contributed by atoms with Gasteiger partial charge in [-0.3, -0.25) is 10.1 Å². The van der Waals surface area contributed by atoms with Gasteiger partial charge in [0.25, 0.3) is 5.69 Å². The summed E-state index contributed by atoms with van der Waals surface area (Å²) < 4.78 is 27.6. The fourth-order valence-electron chi connectivity index (χ4n) is 2.84. The fourth-order valence-corrected chi connectivity index (χ4v) is 4.46. The van der Waals surface area contributed by atoms with Crippen LogP contribution >= 0.6 is 0 Å². The zero-order chi connectivity index (χ0) is 20.7. The number of nitrogens with zero attached hydrogens (tertiary/aromatic N) is 2. The predicted molar refractivity (Wildman–Crippen MR) is 111 cm³/mol. The third-order valence-corrected chi connectivity index (χ3v) is 6.09. The van der Waals surface area contributed by atoms with Crippen molar-refractivity contribution < 1.29 is 13.3 Å². The Bertz CT molecular complexity index is 907. The van der Waals surface area contributed by atoms with Crippen LogP contribution < -0.4 is 0 Å². The van der Waals surface area contributed by atoms with Gasteiger partial charge in [0.2, 0.25) is 10.0 Å². The summed E-state index contributed by atoms with van der Waals surface area (Å²) in [6.45, 7) is 8.54. The quantitative estimate of drug-likeness (QED) is 0.334. The van der Waals surface area contributed by atoms with Crippen molar-refractivity contribution in [2.24, 2.45) is 5.92 Å². The molecule has 0 N–H and O–H groups in total. The highest BCUT2D eigenvalue weighted by Crippen LogP contribution is 2.22. The van der Waals surface area contributed by atoms with E-state index in [-0.39, 0.29) is 23.0 Å². The second kappa shape index (κ2) is 9.61. The third-order valence-electron chi connectivity index (χ3n) is 4.26. The lowest BCUT2D eigenvalue weighted by Gasteiger charge is -2.25. The maximum absolute atomic E-state index is 13.1. The maximum Gasteiger partial charge on any atom is 0.269 e. The van der Waals surface area contributed by atoms with E-state index in [1.165, 1.54) is 34.1 Å². The molecule has 0 unspecified atom stereocenters. The van der Waals surface area contributed by atoms with Crippen molar-refractivity contribution in [3.63, 3.8) is 0 Å². The maximum atomic E-state index is 13.1. The molecule has 0 saturated carbocycles. The average molecular weight is 403 g/mol. The van der Waals surface area contributed by atoms with E-state index in [1.807, 2.05) is 44.2 Å². The number of nitro groups is 1. The summed E-state index contributed by atoms with van der Waals surface area (Å²) in [6, 6.07) is 15.0. The van der Waals surface area contributed by atoms with E-state index in [0.29, 0.717) is 13.0 Å². The Hall–Kier alpha value is -2.51. The van der Waals surface area contributed by atoms with Gasteiger partial charge in [-0.2, -0.15) is 4.31 Å². The van der Waals surface area contributed by atoms with Crippen molar-refractivity contribution in [1.29, 1.82) is 0 Å². The second-order valence-electron chi connectivity index (χ2n) is 7.18. The minimum absolute atomic E-state index is 0.0506. The number of benzene rings is 2. The first-order valence-corrected chi connectivity index (χ1v) is 10.6. The van der Waals surface area contributed by atoms with E-state index in [4.69, 9.17) is 0 Å². The molecule has 0 aliphatic carbocycles. The molecule has 0 aliphatic rings. The van der Waals surface area contributed by atoms with Gasteiger partial charge in [0.15, 0.2) is 0 Å². The molecule has 0 aromatic heterocycles. The molecule has 0 fully saturated rings. The van der Waals surface area contributed by atoms with Crippen molar-refractivity contribution >= 4 is 15.7 Å². The SMILES string of the molecule is C=C(CCc1ccccc1)CN(CC(C)C)S(=O)(=O)c1ccc([N+](=O)[O-])cc1. The molecular weight excluding hydrogens is 376 g/mol. The minimum Gasteiger partial charge on any atom is -0.258 e. The van der Waals surface area contributed by atoms with E-state index < -0.39 is 14.9 Å². The Morgan fingerprint density at radius 3 is 2.25 bits per heavy atom. The molecule has 2 rings (SSSR count). The topological polar surface area (TPSA) is 80.5 Å². The lowest BCUT2D eigenvalue weighted by Crippen LogP contribution is -2.35. The number of aryl methyl sites for hydroxylation is 1. The van der Waals surface area contributed by atoms with Crippen molar-refractivity contribution in [2.75, 3.05) is 13.1 Å². The van der Waals surface area contributed by atoms with Gasteiger partial charge in [-0.1, -0.05) is 56.3 Å². The highest BCUT2D eigenvalue weighted by molar-refractivity contribution is 7.89. The molecule has 0 spiro atoms. The molecule has 0 bridgehead atoms. The van der Waals surface area contributed by atoms with Crippen molar-refractivity contribution in [3.05, 3.63) is 82.4 Å². The van der Waals surface area contributed by atoms with Crippen LogP contribution in [0.5, 0.6) is 0 Å². The molecule has 2 aromatic carbocycles. The summed E-state index contributed by atoms with van der Waals surface area (Å²) in [5, 5.41) is 10.8. The molecule has 0 amide bonds. The Labute approximate surface area is 166 Å². The summed E-state index contributed by atoms with van der Waals surface area (Å²) in [6.07, 6.45) is 1.49. The number of hydrogen-bond acceptors (Lipinski definition) is 4. The number of hydrogen-bond donors (Lipinski definition) is 0. The molecule has 0 heterocycles. The summed E-state index contributed by atoms with van der Waals surface area (Å²) in [5.74, 6) is 0.134. The normalized spacial score (nSPS) is 11.7. The van der Waals surface area contributed by atoms with Crippen LogP contribution in [0.25, 0.3) is 0 Å². The lowest BCUT2D eigenvalue weighted by molar-refractivity contribution is -0.384. The van der Waals surface area contributed by atoms with Crippen LogP contribution in [0.15, 0.2) is 71.6 Å². The van der Waals surface area contributed by atoms with Gasteiger partial charge >= 0.3 is 0 Å². The molecule has 0 saturated heterocycles. The highest BCUT2D eigenvalue weighted by Gasteiger charge is 2.26. The first kappa shape index (κ1) is 21.8. The predicted octanol–water partition coefficient (Wildman–Crippen LogP) is 4.43. The molecule has 2 aromatic rings. The van der Waals surface area contributed by atoms with Crippen LogP contribution in [-0.4, -0.2) is 30.7 Å². The molecule has 6 nitrogen and oxygen atoms in total. The average Bonchev–Trinajstić information content (AvgIpc) is 2.66. The van der Waals surface area contributed by atoms with Crippen LogP contribution in [0.3, 0.4) is 0 Å². The minimum atomic E-state index is -3.77. The summed E-state index contributed by atoms with van der Waals surface area (Å²) >= 11 is 0. The Balaban J connectivity index is 2.14. The number of rotatable bonds is 10. The van der Waals surface area contributed by atoms with Gasteiger partial charge in [-0.25, -0.2) is 8.42 Å². The molecule has 150 valence electrons. The zero-order valence-corrected chi connectivity index (χ0v) is 17.1. The standard InChI is InChI=1S/C21H26N2O4S/c1-17(2)15-22(16-18(3)9-10-19-7-5-4-6-8-19)28(26,27)21-13-11-20(12-14-21)23(24)25/h4-8,11-14,17H,3,9-10,15-16H2,1-2H3. The Morgan fingerprint density at radius 1 is 1.11 bits per heavy atom. The van der Waals surface area contributed by atoms with E-state index in [9.17, 15) is 18.5 Å². The van der Waals surface area contributed by atoms with Crippen LogP contribution in [0, 0.1) is 16.0 Å². The van der Waals surface area contributed by atoms with E-state index in [0.717, 1.165) is 12.0 Å². The van der Waals surface area contributed by atoms with Crippen molar-refractivity contribution in [2.45, 2.75) is 31.6 Å². The van der Waals surface area contributed by atoms with Gasteiger partial charge in [-0.15, -0.1) is 0 Å². The molecule has 28 heavy (non-hydrogen) atoms. The van der Waals surface area contributed by atoms with Crippen LogP contribution in [0.4, 0.5) is 5.69 Å². The van der Waals surface area contributed by atoms with Crippen molar-refractivity contribution in [1.82, 2.24) is 4.31 Å². The first-order chi connectivity index (χ1) is 13.2. The van der Waals surface area contributed by atoms with Gasteiger partial charge < -0.3 is 0 Å². The van der Waals surface area contributed by atoms with Crippen molar-refractivity contribution in [3.8, 4) is 0 Å². The van der Waals surface area contributed by atoms with E-state index in [1.54, 1.807) is 0 Å². The summed E-state index contributed by atoms with van der Waals surface area (Å²) in [5.41, 5.74) is 1.87. The number of non-ortho nitro benzene ring substituents is 1. The third kappa shape index (κ3) is 6.00. The largest absolute Gasteiger partial charge is 0.269 e. The lowest BCUT2D eigenvalue weighted by atomic mass is 10.1. The number of nitro benzene ring substituents is 1. The molecule has 0 radical (unpaired) electrons. The fraction of sp³-hybridized carbons (Fsp3) is 0.333. The Morgan fingerprint density at radius 2 is 1.71 bits per heavy atom. The van der Waals surface area contributed by atoms with Crippen LogP contribution in [-0.2, 0) is 16.4 Å². The molecule has 0 aliphatic heterocycles. The molecule has 7 heteroatoms. The first-order valence-electron chi connectivity index (χ1n) is 9.15. The smallest absolute Gasteiger partial charge is 0.258 e. The van der Waals surface area contributed by atoms with Gasteiger partial charge in [0, 0.05) is 25.2 Å². The summed E-state index contributed by atoms with van der Waals surface area (Å²) in [7, 11) is -3.77. The highest BCUT2D eigenvalue weighted by atomic mass is 32.2. The van der Waals surface area contributed by atoms with E-state index in [2.05, 4.69) is 6.58 Å². The van der Waals surface area contributed by atoms with Gasteiger partial charge in [0.1, 0.15) is 0 Å². The zero-order valence-electron chi connectivity index (χ0n) is 16.2. The van der Waals surface area contributed by atoms with E-state index >= 15 is 0 Å². The Kier molecular flexibility index (Phi) is 7.48. The second-order valence-corrected chi connectivity index (χ2v) is 9.12.